The van der Waals surface area contributed by atoms with Gasteiger partial charge in [-0.3, -0.25) is 9.79 Å². The van der Waals surface area contributed by atoms with E-state index in [1.165, 1.54) is 11.3 Å². The van der Waals surface area contributed by atoms with Crippen LogP contribution in [0.1, 0.15) is 30.5 Å². The maximum atomic E-state index is 12.4. The van der Waals surface area contributed by atoms with Gasteiger partial charge < -0.3 is 4.90 Å². The van der Waals surface area contributed by atoms with Crippen molar-refractivity contribution < 1.29 is 4.79 Å². The van der Waals surface area contributed by atoms with Crippen molar-refractivity contribution in [1.29, 1.82) is 0 Å². The minimum atomic E-state index is -0.0114. The lowest BCUT2D eigenvalue weighted by Crippen LogP contribution is -2.42. The Balaban J connectivity index is 1.69. The van der Waals surface area contributed by atoms with Crippen molar-refractivity contribution >= 4 is 23.3 Å². The van der Waals surface area contributed by atoms with E-state index in [1.807, 2.05) is 30.3 Å². The number of ketones is 1. The number of benzene rings is 2. The quantitative estimate of drug-likeness (QED) is 0.837. The second-order valence-electron chi connectivity index (χ2n) is 7.34. The largest absolute Gasteiger partial charge is 0.369 e. The van der Waals surface area contributed by atoms with Crippen molar-refractivity contribution in [3.05, 3.63) is 71.3 Å². The van der Waals surface area contributed by atoms with Crippen LogP contribution in [0.4, 0.5) is 5.69 Å². The van der Waals surface area contributed by atoms with E-state index >= 15 is 0 Å². The van der Waals surface area contributed by atoms with Crippen LogP contribution in [0, 0.1) is 0 Å². The summed E-state index contributed by atoms with van der Waals surface area (Å²) in [5.74, 6) is -0.00493. The molecule has 126 valence electrons. The molecule has 0 bridgehead atoms. The first-order valence-corrected chi connectivity index (χ1v) is 8.69. The Bertz CT molecular complexity index is 908. The van der Waals surface area contributed by atoms with Gasteiger partial charge in [-0.1, -0.05) is 62.4 Å². The van der Waals surface area contributed by atoms with E-state index in [0.29, 0.717) is 12.3 Å². The minimum absolute atomic E-state index is 0.00493. The van der Waals surface area contributed by atoms with Crippen molar-refractivity contribution in [2.24, 2.45) is 4.99 Å². The fourth-order valence-corrected chi connectivity index (χ4v) is 4.08. The number of likely N-dealkylation sites (N-methyl/N-ethyl adjacent to an activating group) is 1. The number of nitrogens with zero attached hydrogens (tertiary/aromatic N) is 2. The molecular formula is C22H22N2O. The van der Waals surface area contributed by atoms with Crippen LogP contribution in [0.15, 0.2) is 59.6 Å². The van der Waals surface area contributed by atoms with Gasteiger partial charge in [-0.15, -0.1) is 0 Å². The number of hydrogen-bond acceptors (Lipinski definition) is 3. The number of carbonyl (C=O) groups is 1. The Kier molecular flexibility index (Phi) is 3.60. The average Bonchev–Trinajstić information content (AvgIpc) is 2.81. The summed E-state index contributed by atoms with van der Waals surface area (Å²) >= 11 is 0. The standard InChI is InChI=1S/C22H22N2O/c1-22(2)17-10-6-7-11-18(17)24(3)20(22)14-23-21-16-9-5-4-8-15(16)12-13-19(21)25/h4-13,20H,14H2,1-3H3/b23-21+. The van der Waals surface area contributed by atoms with E-state index in [9.17, 15) is 4.79 Å². The van der Waals surface area contributed by atoms with Crippen molar-refractivity contribution in [3.63, 3.8) is 0 Å². The summed E-state index contributed by atoms with van der Waals surface area (Å²) in [7, 11) is 2.12. The monoisotopic (exact) mass is 330 g/mol. The number of carbonyl (C=O) groups excluding carboxylic acids is 1. The molecular weight excluding hydrogens is 308 g/mol. The lowest BCUT2D eigenvalue weighted by atomic mass is 9.80. The maximum Gasteiger partial charge on any atom is 0.204 e. The lowest BCUT2D eigenvalue weighted by Gasteiger charge is -2.31. The van der Waals surface area contributed by atoms with Gasteiger partial charge in [-0.25, -0.2) is 0 Å². The molecule has 0 saturated carbocycles. The van der Waals surface area contributed by atoms with E-state index < -0.39 is 0 Å². The Morgan fingerprint density at radius 2 is 1.76 bits per heavy atom. The number of aliphatic imine (C=N–C) groups is 1. The Morgan fingerprint density at radius 3 is 2.56 bits per heavy atom. The van der Waals surface area contributed by atoms with Gasteiger partial charge in [0.25, 0.3) is 0 Å². The number of fused-ring (bicyclic) bond motifs is 2. The number of anilines is 1. The molecule has 0 spiro atoms. The van der Waals surface area contributed by atoms with Crippen LogP contribution >= 0.6 is 0 Å². The molecule has 0 saturated heterocycles. The first-order chi connectivity index (χ1) is 12.0. The summed E-state index contributed by atoms with van der Waals surface area (Å²) in [5, 5.41) is 0. The molecule has 2 aliphatic rings. The van der Waals surface area contributed by atoms with Crippen molar-refractivity contribution in [1.82, 2.24) is 0 Å². The fraction of sp³-hybridized carbons (Fsp3) is 0.273. The molecule has 1 unspecified atom stereocenters. The molecule has 2 aromatic carbocycles. The van der Waals surface area contributed by atoms with Gasteiger partial charge in [0, 0.05) is 23.7 Å². The highest BCUT2D eigenvalue weighted by molar-refractivity contribution is 6.52. The highest BCUT2D eigenvalue weighted by atomic mass is 16.1. The highest BCUT2D eigenvalue weighted by Gasteiger charge is 2.42. The SMILES string of the molecule is CN1c2ccccc2C(C)(C)C1C/N=C1/C(=O)C=Cc2ccccc21. The molecule has 1 aliphatic heterocycles. The lowest BCUT2D eigenvalue weighted by molar-refractivity contribution is -0.108. The molecule has 25 heavy (non-hydrogen) atoms. The fourth-order valence-electron chi connectivity index (χ4n) is 4.08. The van der Waals surface area contributed by atoms with Crippen LogP contribution in [-0.4, -0.2) is 31.1 Å². The second-order valence-corrected chi connectivity index (χ2v) is 7.34. The molecule has 0 aromatic heterocycles. The van der Waals surface area contributed by atoms with Gasteiger partial charge >= 0.3 is 0 Å². The normalized spacial score (nSPS) is 22.2. The highest BCUT2D eigenvalue weighted by Crippen LogP contribution is 2.44. The van der Waals surface area contributed by atoms with Gasteiger partial charge in [0.15, 0.2) is 0 Å². The smallest absolute Gasteiger partial charge is 0.204 e. The van der Waals surface area contributed by atoms with Crippen LogP contribution in [0.25, 0.3) is 6.08 Å². The van der Waals surface area contributed by atoms with Gasteiger partial charge in [0.1, 0.15) is 5.71 Å². The zero-order valence-electron chi connectivity index (χ0n) is 14.9. The van der Waals surface area contributed by atoms with E-state index in [4.69, 9.17) is 4.99 Å². The molecule has 0 amide bonds. The molecule has 3 nitrogen and oxygen atoms in total. The predicted molar refractivity (Wildman–Crippen MR) is 104 cm³/mol. The first kappa shape index (κ1) is 15.8. The van der Waals surface area contributed by atoms with Crippen LogP contribution < -0.4 is 4.90 Å². The number of hydrogen-bond donors (Lipinski definition) is 0. The Labute approximate surface area is 148 Å². The predicted octanol–water partition coefficient (Wildman–Crippen LogP) is 3.87. The van der Waals surface area contributed by atoms with Crippen LogP contribution in [0.2, 0.25) is 0 Å². The molecule has 4 rings (SSSR count). The number of rotatable bonds is 2. The van der Waals surface area contributed by atoms with Crippen molar-refractivity contribution in [3.8, 4) is 0 Å². The molecule has 0 radical (unpaired) electrons. The van der Waals surface area contributed by atoms with E-state index in [0.717, 1.165) is 11.1 Å². The molecule has 1 heterocycles. The van der Waals surface area contributed by atoms with Gasteiger partial charge in [-0.05, 0) is 23.3 Å². The van der Waals surface area contributed by atoms with Crippen molar-refractivity contribution in [2.45, 2.75) is 25.3 Å². The van der Waals surface area contributed by atoms with Gasteiger partial charge in [0.2, 0.25) is 5.78 Å². The molecule has 0 fully saturated rings. The van der Waals surface area contributed by atoms with E-state index in [-0.39, 0.29) is 17.2 Å². The number of allylic oxidation sites excluding steroid dienone is 1. The third-order valence-electron chi connectivity index (χ3n) is 5.56. The van der Waals surface area contributed by atoms with Crippen LogP contribution in [0.5, 0.6) is 0 Å². The summed E-state index contributed by atoms with van der Waals surface area (Å²) in [6.45, 7) is 5.12. The summed E-state index contributed by atoms with van der Waals surface area (Å²) < 4.78 is 0. The van der Waals surface area contributed by atoms with Gasteiger partial charge in [-0.2, -0.15) is 0 Å². The molecule has 1 aliphatic carbocycles. The Morgan fingerprint density at radius 1 is 1.04 bits per heavy atom. The van der Waals surface area contributed by atoms with Crippen molar-refractivity contribution in [2.75, 3.05) is 18.5 Å². The van der Waals surface area contributed by atoms with E-state index in [1.54, 1.807) is 6.08 Å². The molecule has 2 aromatic rings. The summed E-state index contributed by atoms with van der Waals surface area (Å²) in [6.07, 6.45) is 3.50. The molecule has 1 atom stereocenters. The van der Waals surface area contributed by atoms with Gasteiger partial charge in [0.05, 0.1) is 12.6 Å². The van der Waals surface area contributed by atoms with E-state index in [2.05, 4.69) is 50.1 Å². The zero-order valence-corrected chi connectivity index (χ0v) is 14.9. The third kappa shape index (κ3) is 2.42. The maximum absolute atomic E-state index is 12.4. The third-order valence-corrected chi connectivity index (χ3v) is 5.56. The Hall–Kier alpha value is -2.68. The molecule has 0 N–H and O–H groups in total. The summed E-state index contributed by atoms with van der Waals surface area (Å²) in [5.41, 5.74) is 5.17. The molecule has 3 heteroatoms. The average molecular weight is 330 g/mol. The van der Waals surface area contributed by atoms with Crippen LogP contribution in [-0.2, 0) is 10.2 Å². The summed E-state index contributed by atoms with van der Waals surface area (Å²) in [4.78, 5) is 19.5. The van der Waals surface area contributed by atoms with Crippen LogP contribution in [0.3, 0.4) is 0 Å². The minimum Gasteiger partial charge on any atom is -0.369 e. The topological polar surface area (TPSA) is 32.7 Å². The number of para-hydroxylation sites is 1. The first-order valence-electron chi connectivity index (χ1n) is 8.69. The summed E-state index contributed by atoms with van der Waals surface area (Å²) in [6, 6.07) is 16.7. The zero-order chi connectivity index (χ0) is 17.6. The second kappa shape index (κ2) is 5.69.